The average molecular weight is 231 g/mol. The van der Waals surface area contributed by atoms with Crippen LogP contribution in [-0.4, -0.2) is 52.0 Å². The van der Waals surface area contributed by atoms with Crippen molar-refractivity contribution in [3.63, 3.8) is 0 Å². The molecule has 0 atom stereocenters. The van der Waals surface area contributed by atoms with Gasteiger partial charge in [-0.3, -0.25) is 4.99 Å². The lowest BCUT2D eigenvalue weighted by Gasteiger charge is -2.13. The third kappa shape index (κ3) is 9.73. The first-order valence-corrected chi connectivity index (χ1v) is 5.82. The zero-order chi connectivity index (χ0) is 12.2. The van der Waals surface area contributed by atoms with E-state index in [2.05, 4.69) is 29.5 Å². The summed E-state index contributed by atoms with van der Waals surface area (Å²) in [5.74, 6) is 0.841. The van der Waals surface area contributed by atoms with Crippen LogP contribution in [0.2, 0.25) is 0 Å². The Balaban J connectivity index is 3.67. The molecule has 0 aromatic rings. The Morgan fingerprint density at radius 2 is 2.00 bits per heavy atom. The van der Waals surface area contributed by atoms with Crippen molar-refractivity contribution in [2.75, 3.05) is 40.0 Å². The summed E-state index contributed by atoms with van der Waals surface area (Å²) in [6.07, 6.45) is 0. The van der Waals surface area contributed by atoms with Gasteiger partial charge in [0.25, 0.3) is 0 Å². The van der Waals surface area contributed by atoms with Gasteiger partial charge in [0.1, 0.15) is 0 Å². The highest BCUT2D eigenvalue weighted by molar-refractivity contribution is 5.79. The van der Waals surface area contributed by atoms with Gasteiger partial charge in [0.15, 0.2) is 5.96 Å². The second-order valence-electron chi connectivity index (χ2n) is 3.66. The topological polar surface area (TPSA) is 54.9 Å². The van der Waals surface area contributed by atoms with Crippen LogP contribution in [-0.2, 0) is 9.47 Å². The smallest absolute Gasteiger partial charge is 0.191 e. The van der Waals surface area contributed by atoms with E-state index in [0.717, 1.165) is 12.5 Å². The Hall–Kier alpha value is -0.810. The van der Waals surface area contributed by atoms with Crippen LogP contribution in [0.25, 0.3) is 0 Å². The first kappa shape index (κ1) is 15.2. The molecule has 0 amide bonds. The quantitative estimate of drug-likeness (QED) is 0.365. The Labute approximate surface area is 98.6 Å². The maximum atomic E-state index is 5.32. The number of rotatable bonds is 8. The lowest BCUT2D eigenvalue weighted by molar-refractivity contribution is 0.0748. The molecule has 0 aliphatic rings. The van der Waals surface area contributed by atoms with Gasteiger partial charge in [0.2, 0.25) is 0 Å². The van der Waals surface area contributed by atoms with Crippen molar-refractivity contribution in [2.24, 2.45) is 4.99 Å². The molecule has 0 fully saturated rings. The highest BCUT2D eigenvalue weighted by atomic mass is 16.5. The zero-order valence-electron chi connectivity index (χ0n) is 10.9. The standard InChI is InChI=1S/C11H25N3O2/c1-5-12-11(14-10(2)3)13-6-7-16-9-8-15-4/h10H,5-9H2,1-4H3,(H2,12,13,14). The van der Waals surface area contributed by atoms with Gasteiger partial charge in [-0.25, -0.2) is 0 Å². The van der Waals surface area contributed by atoms with E-state index in [1.54, 1.807) is 7.11 Å². The maximum absolute atomic E-state index is 5.32. The number of hydrogen-bond donors (Lipinski definition) is 2. The maximum Gasteiger partial charge on any atom is 0.191 e. The second kappa shape index (κ2) is 10.7. The third-order valence-electron chi connectivity index (χ3n) is 1.71. The number of hydrogen-bond acceptors (Lipinski definition) is 3. The summed E-state index contributed by atoms with van der Waals surface area (Å²) in [6, 6.07) is 0.382. The number of nitrogens with zero attached hydrogens (tertiary/aromatic N) is 1. The highest BCUT2D eigenvalue weighted by Crippen LogP contribution is 1.81. The summed E-state index contributed by atoms with van der Waals surface area (Å²) in [5.41, 5.74) is 0. The van der Waals surface area contributed by atoms with E-state index in [9.17, 15) is 0 Å². The summed E-state index contributed by atoms with van der Waals surface area (Å²) in [4.78, 5) is 4.38. The molecule has 16 heavy (non-hydrogen) atoms. The van der Waals surface area contributed by atoms with Crippen molar-refractivity contribution in [3.8, 4) is 0 Å². The molecule has 0 radical (unpaired) electrons. The van der Waals surface area contributed by atoms with Crippen LogP contribution < -0.4 is 10.6 Å². The molecule has 5 heteroatoms. The molecular formula is C11H25N3O2. The normalized spacial score (nSPS) is 11.9. The molecule has 96 valence electrons. The van der Waals surface area contributed by atoms with Crippen LogP contribution >= 0.6 is 0 Å². The second-order valence-corrected chi connectivity index (χ2v) is 3.66. The first-order valence-electron chi connectivity index (χ1n) is 5.82. The lowest BCUT2D eigenvalue weighted by Crippen LogP contribution is -2.41. The van der Waals surface area contributed by atoms with Crippen LogP contribution in [0, 0.1) is 0 Å². The zero-order valence-corrected chi connectivity index (χ0v) is 10.9. The largest absolute Gasteiger partial charge is 0.382 e. The van der Waals surface area contributed by atoms with E-state index in [-0.39, 0.29) is 0 Å². The van der Waals surface area contributed by atoms with E-state index in [0.29, 0.717) is 32.4 Å². The predicted molar refractivity (Wildman–Crippen MR) is 66.9 cm³/mol. The van der Waals surface area contributed by atoms with Crippen LogP contribution in [0.1, 0.15) is 20.8 Å². The van der Waals surface area contributed by atoms with E-state index in [1.165, 1.54) is 0 Å². The number of ether oxygens (including phenoxy) is 2. The molecule has 0 rings (SSSR count). The summed E-state index contributed by atoms with van der Waals surface area (Å²) in [7, 11) is 1.66. The number of guanidine groups is 1. The molecule has 0 aliphatic carbocycles. The fourth-order valence-corrected chi connectivity index (χ4v) is 1.06. The minimum Gasteiger partial charge on any atom is -0.382 e. The Morgan fingerprint density at radius 1 is 1.25 bits per heavy atom. The van der Waals surface area contributed by atoms with Crippen molar-refractivity contribution < 1.29 is 9.47 Å². The van der Waals surface area contributed by atoms with Crippen molar-refractivity contribution in [1.29, 1.82) is 0 Å². The minimum absolute atomic E-state index is 0.382. The fraction of sp³-hybridized carbons (Fsp3) is 0.909. The van der Waals surface area contributed by atoms with Gasteiger partial charge in [0.05, 0.1) is 26.4 Å². The van der Waals surface area contributed by atoms with Crippen LogP contribution in [0.5, 0.6) is 0 Å². The Morgan fingerprint density at radius 3 is 2.56 bits per heavy atom. The summed E-state index contributed by atoms with van der Waals surface area (Å²) in [6.45, 7) is 9.62. The average Bonchev–Trinajstić information content (AvgIpc) is 2.22. The minimum atomic E-state index is 0.382. The Kier molecular flexibility index (Phi) is 10.2. The van der Waals surface area contributed by atoms with Crippen LogP contribution in [0.4, 0.5) is 0 Å². The van der Waals surface area contributed by atoms with E-state index < -0.39 is 0 Å². The molecule has 0 aromatic carbocycles. The SMILES string of the molecule is CCNC(=NCCOCCOC)NC(C)C. The summed E-state index contributed by atoms with van der Waals surface area (Å²) >= 11 is 0. The van der Waals surface area contributed by atoms with Gasteiger partial charge in [-0.2, -0.15) is 0 Å². The van der Waals surface area contributed by atoms with Crippen LogP contribution in [0.3, 0.4) is 0 Å². The lowest BCUT2D eigenvalue weighted by atomic mass is 10.4. The molecule has 5 nitrogen and oxygen atoms in total. The molecule has 0 bridgehead atoms. The van der Waals surface area contributed by atoms with Gasteiger partial charge in [-0.1, -0.05) is 0 Å². The van der Waals surface area contributed by atoms with E-state index >= 15 is 0 Å². The summed E-state index contributed by atoms with van der Waals surface area (Å²) in [5, 5.41) is 6.42. The van der Waals surface area contributed by atoms with Gasteiger partial charge in [0, 0.05) is 19.7 Å². The number of methoxy groups -OCH3 is 1. The highest BCUT2D eigenvalue weighted by Gasteiger charge is 1.98. The van der Waals surface area contributed by atoms with Gasteiger partial charge >= 0.3 is 0 Å². The van der Waals surface area contributed by atoms with Crippen molar-refractivity contribution in [3.05, 3.63) is 0 Å². The number of nitrogens with one attached hydrogen (secondary N) is 2. The van der Waals surface area contributed by atoms with Crippen molar-refractivity contribution >= 4 is 5.96 Å². The number of aliphatic imine (C=N–C) groups is 1. The molecule has 0 saturated carbocycles. The molecule has 0 aliphatic heterocycles. The third-order valence-corrected chi connectivity index (χ3v) is 1.71. The Bertz CT molecular complexity index is 184. The monoisotopic (exact) mass is 231 g/mol. The molecule has 0 unspecified atom stereocenters. The summed E-state index contributed by atoms with van der Waals surface area (Å²) < 4.78 is 10.2. The van der Waals surface area contributed by atoms with Crippen molar-refractivity contribution in [1.82, 2.24) is 10.6 Å². The predicted octanol–water partition coefficient (Wildman–Crippen LogP) is 0.613. The molecule has 0 heterocycles. The molecular weight excluding hydrogens is 206 g/mol. The molecule has 2 N–H and O–H groups in total. The van der Waals surface area contributed by atoms with E-state index in [4.69, 9.17) is 9.47 Å². The van der Waals surface area contributed by atoms with Gasteiger partial charge in [-0.05, 0) is 20.8 Å². The fourth-order valence-electron chi connectivity index (χ4n) is 1.06. The molecule has 0 saturated heterocycles. The van der Waals surface area contributed by atoms with Crippen molar-refractivity contribution in [2.45, 2.75) is 26.8 Å². The van der Waals surface area contributed by atoms with Crippen LogP contribution in [0.15, 0.2) is 4.99 Å². The van der Waals surface area contributed by atoms with E-state index in [1.807, 2.05) is 6.92 Å². The molecule has 0 aromatic heterocycles. The van der Waals surface area contributed by atoms with Gasteiger partial charge in [-0.15, -0.1) is 0 Å². The first-order chi connectivity index (χ1) is 7.70. The van der Waals surface area contributed by atoms with Gasteiger partial charge < -0.3 is 20.1 Å². The molecule has 0 spiro atoms.